The van der Waals surface area contributed by atoms with E-state index in [1.165, 1.54) is 20.3 Å². The van der Waals surface area contributed by atoms with Crippen molar-refractivity contribution >= 4 is 22.7 Å². The number of H-pyrrole nitrogens is 1. The Balaban J connectivity index is 1.53. The Morgan fingerprint density at radius 3 is 2.16 bits per heavy atom. The van der Waals surface area contributed by atoms with Crippen molar-refractivity contribution in [1.82, 2.24) is 14.8 Å². The van der Waals surface area contributed by atoms with Gasteiger partial charge in [-0.05, 0) is 30.7 Å². The Hall–Kier alpha value is -3.81. The van der Waals surface area contributed by atoms with Crippen molar-refractivity contribution < 1.29 is 19.1 Å². The van der Waals surface area contributed by atoms with Crippen LogP contribution < -0.4 is 14.9 Å². The summed E-state index contributed by atoms with van der Waals surface area (Å²) in [6.45, 7) is 3.36. The second-order valence-electron chi connectivity index (χ2n) is 7.67. The minimum atomic E-state index is -0.281. The van der Waals surface area contributed by atoms with Crippen LogP contribution in [0.1, 0.15) is 26.4 Å². The minimum Gasteiger partial charge on any atom is -0.496 e. The van der Waals surface area contributed by atoms with Gasteiger partial charge in [0.05, 0.1) is 30.7 Å². The number of nitrogens with zero attached hydrogens (tertiary/aromatic N) is 2. The van der Waals surface area contributed by atoms with Crippen LogP contribution in [0.25, 0.3) is 10.9 Å². The van der Waals surface area contributed by atoms with Crippen LogP contribution in [-0.2, 0) is 0 Å². The maximum Gasteiger partial charge on any atom is 0.270 e. The predicted octanol–water partition coefficient (Wildman–Crippen LogP) is 2.45. The summed E-state index contributed by atoms with van der Waals surface area (Å²) in [4.78, 5) is 45.2. The summed E-state index contributed by atoms with van der Waals surface area (Å²) in [5.74, 6) is 0.615. The minimum absolute atomic E-state index is 0.131. The lowest BCUT2D eigenvalue weighted by Crippen LogP contribution is -2.50. The molecule has 2 heterocycles. The zero-order chi connectivity index (χ0) is 22.8. The first-order valence-corrected chi connectivity index (χ1v) is 10.4. The van der Waals surface area contributed by atoms with E-state index in [9.17, 15) is 14.4 Å². The van der Waals surface area contributed by atoms with Crippen molar-refractivity contribution in [3.63, 3.8) is 0 Å². The molecule has 1 aliphatic rings. The summed E-state index contributed by atoms with van der Waals surface area (Å²) in [6.07, 6.45) is 0. The molecule has 166 valence electrons. The largest absolute Gasteiger partial charge is 0.496 e. The number of aromatic amines is 1. The first-order chi connectivity index (χ1) is 15.4. The predicted molar refractivity (Wildman–Crippen MR) is 121 cm³/mol. The number of para-hydroxylation sites is 1. The molecule has 0 aliphatic carbocycles. The Bertz CT molecular complexity index is 1240. The van der Waals surface area contributed by atoms with Gasteiger partial charge in [0, 0.05) is 32.2 Å². The van der Waals surface area contributed by atoms with Gasteiger partial charge in [0.25, 0.3) is 11.8 Å². The number of hydrogen-bond acceptors (Lipinski definition) is 5. The summed E-state index contributed by atoms with van der Waals surface area (Å²) in [5.41, 5.74) is 1.79. The van der Waals surface area contributed by atoms with Crippen LogP contribution >= 0.6 is 0 Å². The number of benzene rings is 2. The second kappa shape index (κ2) is 8.74. The third kappa shape index (κ3) is 3.79. The average molecular weight is 435 g/mol. The van der Waals surface area contributed by atoms with E-state index in [0.29, 0.717) is 54.1 Å². The summed E-state index contributed by atoms with van der Waals surface area (Å²) in [5, 5.41) is 0.508. The van der Waals surface area contributed by atoms with Crippen molar-refractivity contribution in [3.05, 3.63) is 69.5 Å². The highest BCUT2D eigenvalue weighted by molar-refractivity contribution is 5.98. The third-order valence-corrected chi connectivity index (χ3v) is 5.80. The molecular formula is C24H25N3O5. The van der Waals surface area contributed by atoms with Gasteiger partial charge >= 0.3 is 0 Å². The van der Waals surface area contributed by atoms with Crippen LogP contribution in [0.15, 0.2) is 47.3 Å². The van der Waals surface area contributed by atoms with Crippen LogP contribution in [0.3, 0.4) is 0 Å². The summed E-state index contributed by atoms with van der Waals surface area (Å²) in [6, 6.07) is 12.0. The van der Waals surface area contributed by atoms with Crippen molar-refractivity contribution in [2.45, 2.75) is 6.92 Å². The number of piperazine rings is 1. The van der Waals surface area contributed by atoms with Gasteiger partial charge in [-0.2, -0.15) is 0 Å². The molecule has 1 saturated heterocycles. The molecule has 2 aromatic carbocycles. The van der Waals surface area contributed by atoms with Gasteiger partial charge in [-0.25, -0.2) is 0 Å². The molecule has 8 nitrogen and oxygen atoms in total. The maximum absolute atomic E-state index is 13.1. The number of carbonyl (C=O) groups is 2. The average Bonchev–Trinajstić information content (AvgIpc) is 2.83. The molecule has 4 rings (SSSR count). The van der Waals surface area contributed by atoms with E-state index in [-0.39, 0.29) is 22.9 Å². The summed E-state index contributed by atoms with van der Waals surface area (Å²) >= 11 is 0. The Morgan fingerprint density at radius 2 is 1.50 bits per heavy atom. The van der Waals surface area contributed by atoms with Crippen molar-refractivity contribution in [3.8, 4) is 11.5 Å². The number of aryl methyl sites for hydroxylation is 1. The highest BCUT2D eigenvalue weighted by atomic mass is 16.5. The zero-order valence-corrected chi connectivity index (χ0v) is 18.3. The highest BCUT2D eigenvalue weighted by Crippen LogP contribution is 2.25. The first-order valence-electron chi connectivity index (χ1n) is 10.4. The SMILES string of the molecule is COc1ccccc1C(=O)N1CCN(C(=O)c2cc(=O)c3c(C)ccc(OC)c3[nH]2)CC1. The number of carbonyl (C=O) groups excluding carboxylic acids is 2. The normalized spacial score (nSPS) is 13.8. The molecule has 1 fully saturated rings. The quantitative estimate of drug-likeness (QED) is 0.680. The van der Waals surface area contributed by atoms with Crippen LogP contribution in [0.4, 0.5) is 0 Å². The fourth-order valence-corrected chi connectivity index (χ4v) is 4.06. The summed E-state index contributed by atoms with van der Waals surface area (Å²) in [7, 11) is 3.05. The lowest BCUT2D eigenvalue weighted by Gasteiger charge is -2.35. The highest BCUT2D eigenvalue weighted by Gasteiger charge is 2.27. The van der Waals surface area contributed by atoms with Crippen molar-refractivity contribution in [1.29, 1.82) is 0 Å². The van der Waals surface area contributed by atoms with Crippen molar-refractivity contribution in [2.75, 3.05) is 40.4 Å². The van der Waals surface area contributed by atoms with Gasteiger partial charge in [0.1, 0.15) is 17.2 Å². The fraction of sp³-hybridized carbons (Fsp3) is 0.292. The topological polar surface area (TPSA) is 91.9 Å². The number of ether oxygens (including phenoxy) is 2. The summed E-state index contributed by atoms with van der Waals surface area (Å²) < 4.78 is 10.7. The number of methoxy groups -OCH3 is 2. The Labute approximate surface area is 185 Å². The molecule has 0 unspecified atom stereocenters. The molecular weight excluding hydrogens is 410 g/mol. The molecule has 8 heteroatoms. The number of pyridine rings is 1. The van der Waals surface area contributed by atoms with Gasteiger partial charge in [0.15, 0.2) is 5.43 Å². The number of amides is 2. The molecule has 0 radical (unpaired) electrons. The smallest absolute Gasteiger partial charge is 0.270 e. The molecule has 1 N–H and O–H groups in total. The van der Waals surface area contributed by atoms with Crippen LogP contribution in [0.5, 0.6) is 11.5 Å². The first kappa shape index (κ1) is 21.4. The van der Waals surface area contributed by atoms with Gasteiger partial charge in [-0.15, -0.1) is 0 Å². The van der Waals surface area contributed by atoms with Gasteiger partial charge in [-0.1, -0.05) is 18.2 Å². The second-order valence-corrected chi connectivity index (χ2v) is 7.67. The number of rotatable bonds is 4. The van der Waals surface area contributed by atoms with Gasteiger partial charge in [0.2, 0.25) is 0 Å². The standard InChI is InChI=1S/C24H25N3O5/c1-15-8-9-20(32-3)22-21(15)18(28)14-17(25-22)24(30)27-12-10-26(11-13-27)23(29)16-6-4-5-7-19(16)31-2/h4-9,14H,10-13H2,1-3H3,(H,25,28). The van der Waals surface area contributed by atoms with E-state index < -0.39 is 0 Å². The van der Waals surface area contributed by atoms with Gasteiger partial charge in [-0.3, -0.25) is 14.4 Å². The zero-order valence-electron chi connectivity index (χ0n) is 18.3. The Morgan fingerprint density at radius 1 is 0.875 bits per heavy atom. The van der Waals surface area contributed by atoms with E-state index >= 15 is 0 Å². The van der Waals surface area contributed by atoms with E-state index in [1.807, 2.05) is 19.1 Å². The monoisotopic (exact) mass is 435 g/mol. The van der Waals surface area contributed by atoms with Gasteiger partial charge < -0.3 is 24.3 Å². The Kier molecular flexibility index (Phi) is 5.85. The number of aromatic nitrogens is 1. The molecule has 0 bridgehead atoms. The lowest BCUT2D eigenvalue weighted by atomic mass is 10.1. The number of fused-ring (bicyclic) bond motifs is 1. The van der Waals surface area contributed by atoms with Crippen LogP contribution in [0.2, 0.25) is 0 Å². The lowest BCUT2D eigenvalue weighted by molar-refractivity contribution is 0.0530. The molecule has 32 heavy (non-hydrogen) atoms. The van der Waals surface area contributed by atoms with E-state index in [4.69, 9.17) is 9.47 Å². The molecule has 2 amide bonds. The molecule has 0 atom stereocenters. The molecule has 0 spiro atoms. The maximum atomic E-state index is 13.1. The fourth-order valence-electron chi connectivity index (χ4n) is 4.06. The third-order valence-electron chi connectivity index (χ3n) is 5.80. The number of nitrogens with one attached hydrogen (secondary N) is 1. The molecule has 1 aromatic heterocycles. The van der Waals surface area contributed by atoms with Crippen LogP contribution in [-0.4, -0.2) is 67.0 Å². The van der Waals surface area contributed by atoms with E-state index in [1.54, 1.807) is 34.1 Å². The van der Waals surface area contributed by atoms with E-state index in [2.05, 4.69) is 4.98 Å². The molecule has 1 aliphatic heterocycles. The van der Waals surface area contributed by atoms with E-state index in [0.717, 1.165) is 5.56 Å². The molecule has 3 aromatic rings. The molecule has 0 saturated carbocycles. The van der Waals surface area contributed by atoms with Crippen molar-refractivity contribution in [2.24, 2.45) is 0 Å². The van der Waals surface area contributed by atoms with Crippen LogP contribution in [0, 0.1) is 6.92 Å². The number of hydrogen-bond donors (Lipinski definition) is 1.